The molecule has 0 saturated carbocycles. The molecule has 2 heterocycles. The van der Waals surface area contributed by atoms with E-state index in [1.165, 1.54) is 5.56 Å². The highest BCUT2D eigenvalue weighted by Gasteiger charge is 2.37. The number of hydrogen-bond donors (Lipinski definition) is 1. The van der Waals surface area contributed by atoms with Crippen LogP contribution < -0.4 is 5.32 Å². The summed E-state index contributed by atoms with van der Waals surface area (Å²) in [7, 11) is 0. The quantitative estimate of drug-likeness (QED) is 0.777. The Kier molecular flexibility index (Phi) is 5.47. The molecule has 2 aliphatic heterocycles. The van der Waals surface area contributed by atoms with E-state index in [0.717, 1.165) is 23.4 Å². The van der Waals surface area contributed by atoms with E-state index in [-0.39, 0.29) is 11.9 Å². The van der Waals surface area contributed by atoms with Crippen LogP contribution in [0, 0.1) is 0 Å². The normalized spacial score (nSPS) is 18.7. The zero-order valence-corrected chi connectivity index (χ0v) is 16.8. The first-order chi connectivity index (χ1) is 13.5. The molecule has 0 aliphatic carbocycles. The molecule has 0 aromatic heterocycles. The van der Waals surface area contributed by atoms with Crippen LogP contribution in [0.15, 0.2) is 42.5 Å². The Morgan fingerprint density at radius 1 is 0.964 bits per heavy atom. The standard InChI is InChI=1S/C21H21Cl2N3O2/c22-16-5-7-18(8-6-16)24-21(28)26-10-1-2-19(26)20(27)25-11-9-14-12-17(23)4-3-15(14)13-25/h3-8,12,19H,1-2,9-11,13H2,(H,24,28)/t19-/m1/s1. The molecule has 0 bridgehead atoms. The second kappa shape index (κ2) is 8.02. The monoisotopic (exact) mass is 417 g/mol. The second-order valence-corrected chi connectivity index (χ2v) is 8.08. The minimum absolute atomic E-state index is 0.0179. The largest absolute Gasteiger partial charge is 0.336 e. The first-order valence-electron chi connectivity index (χ1n) is 9.40. The Morgan fingerprint density at radius 3 is 2.50 bits per heavy atom. The van der Waals surface area contributed by atoms with E-state index in [0.29, 0.717) is 36.8 Å². The molecule has 28 heavy (non-hydrogen) atoms. The fourth-order valence-electron chi connectivity index (χ4n) is 3.92. The van der Waals surface area contributed by atoms with Gasteiger partial charge in [-0.05, 0) is 66.8 Å². The van der Waals surface area contributed by atoms with Crippen molar-refractivity contribution in [2.45, 2.75) is 31.8 Å². The first kappa shape index (κ1) is 19.1. The summed E-state index contributed by atoms with van der Waals surface area (Å²) in [5.74, 6) is 0.0179. The van der Waals surface area contributed by atoms with Gasteiger partial charge in [-0.15, -0.1) is 0 Å². The molecule has 2 aromatic rings. The topological polar surface area (TPSA) is 52.7 Å². The van der Waals surface area contributed by atoms with E-state index in [9.17, 15) is 9.59 Å². The number of likely N-dealkylation sites (tertiary alicyclic amines) is 1. The molecule has 2 aromatic carbocycles. The van der Waals surface area contributed by atoms with Crippen LogP contribution in [0.4, 0.5) is 10.5 Å². The predicted octanol–water partition coefficient (Wildman–Crippen LogP) is 4.57. The van der Waals surface area contributed by atoms with Gasteiger partial charge in [0.1, 0.15) is 6.04 Å². The Bertz CT molecular complexity index is 901. The first-order valence-corrected chi connectivity index (χ1v) is 10.2. The van der Waals surface area contributed by atoms with Crippen molar-refractivity contribution in [1.82, 2.24) is 9.80 Å². The van der Waals surface area contributed by atoms with Crippen molar-refractivity contribution in [1.29, 1.82) is 0 Å². The van der Waals surface area contributed by atoms with Gasteiger partial charge in [0.05, 0.1) is 0 Å². The maximum Gasteiger partial charge on any atom is 0.322 e. The highest BCUT2D eigenvalue weighted by molar-refractivity contribution is 6.31. The molecule has 2 aliphatic rings. The van der Waals surface area contributed by atoms with Crippen molar-refractivity contribution in [3.8, 4) is 0 Å². The highest BCUT2D eigenvalue weighted by Crippen LogP contribution is 2.26. The van der Waals surface area contributed by atoms with Crippen LogP contribution in [0.25, 0.3) is 0 Å². The molecule has 1 saturated heterocycles. The van der Waals surface area contributed by atoms with Crippen molar-refractivity contribution in [3.05, 3.63) is 63.6 Å². The van der Waals surface area contributed by atoms with Gasteiger partial charge < -0.3 is 15.1 Å². The summed E-state index contributed by atoms with van der Waals surface area (Å²) >= 11 is 12.0. The number of carbonyl (C=O) groups is 2. The lowest BCUT2D eigenvalue weighted by Crippen LogP contribution is -2.50. The maximum absolute atomic E-state index is 13.1. The smallest absolute Gasteiger partial charge is 0.322 e. The molecule has 0 unspecified atom stereocenters. The summed E-state index contributed by atoms with van der Waals surface area (Å²) in [6.45, 7) is 1.79. The summed E-state index contributed by atoms with van der Waals surface area (Å²) in [6, 6.07) is 12.1. The number of amides is 3. The molecule has 0 radical (unpaired) electrons. The van der Waals surface area contributed by atoms with Crippen molar-refractivity contribution in [2.75, 3.05) is 18.4 Å². The summed E-state index contributed by atoms with van der Waals surface area (Å²) in [5.41, 5.74) is 2.98. The van der Waals surface area contributed by atoms with Gasteiger partial charge in [0.25, 0.3) is 0 Å². The van der Waals surface area contributed by atoms with Crippen LogP contribution in [-0.2, 0) is 17.8 Å². The van der Waals surface area contributed by atoms with Crippen LogP contribution in [0.1, 0.15) is 24.0 Å². The Morgan fingerprint density at radius 2 is 1.71 bits per heavy atom. The number of rotatable bonds is 2. The number of halogens is 2. The molecular weight excluding hydrogens is 397 g/mol. The van der Waals surface area contributed by atoms with Gasteiger partial charge in [-0.3, -0.25) is 4.79 Å². The number of nitrogens with one attached hydrogen (secondary N) is 1. The molecule has 5 nitrogen and oxygen atoms in total. The summed E-state index contributed by atoms with van der Waals surface area (Å²) in [5, 5.41) is 4.20. The van der Waals surface area contributed by atoms with Gasteiger partial charge in [-0.1, -0.05) is 29.3 Å². The van der Waals surface area contributed by atoms with Crippen molar-refractivity contribution < 1.29 is 9.59 Å². The third-order valence-corrected chi connectivity index (χ3v) is 5.87. The lowest BCUT2D eigenvalue weighted by atomic mass is 9.99. The molecule has 0 spiro atoms. The Balaban J connectivity index is 1.44. The number of carbonyl (C=O) groups excluding carboxylic acids is 2. The number of hydrogen-bond acceptors (Lipinski definition) is 2. The minimum atomic E-state index is -0.416. The number of nitrogens with zero attached hydrogens (tertiary/aromatic N) is 2. The van der Waals surface area contributed by atoms with E-state index in [1.54, 1.807) is 29.2 Å². The average Bonchev–Trinajstić information content (AvgIpc) is 3.19. The highest BCUT2D eigenvalue weighted by atomic mass is 35.5. The van der Waals surface area contributed by atoms with E-state index in [2.05, 4.69) is 5.32 Å². The lowest BCUT2D eigenvalue weighted by molar-refractivity contribution is -0.136. The van der Waals surface area contributed by atoms with Gasteiger partial charge >= 0.3 is 6.03 Å². The van der Waals surface area contributed by atoms with E-state index < -0.39 is 6.04 Å². The second-order valence-electron chi connectivity index (χ2n) is 7.21. The minimum Gasteiger partial charge on any atom is -0.336 e. The van der Waals surface area contributed by atoms with Crippen LogP contribution >= 0.6 is 23.2 Å². The maximum atomic E-state index is 13.1. The fraction of sp³-hybridized carbons (Fsp3) is 0.333. The summed E-state index contributed by atoms with van der Waals surface area (Å²) in [4.78, 5) is 29.4. The van der Waals surface area contributed by atoms with Crippen molar-refractivity contribution in [3.63, 3.8) is 0 Å². The van der Waals surface area contributed by atoms with Gasteiger partial charge in [-0.2, -0.15) is 0 Å². The number of benzene rings is 2. The van der Waals surface area contributed by atoms with E-state index in [4.69, 9.17) is 23.2 Å². The number of fused-ring (bicyclic) bond motifs is 1. The van der Waals surface area contributed by atoms with Gasteiger partial charge in [0.15, 0.2) is 0 Å². The molecule has 1 N–H and O–H groups in total. The van der Waals surface area contributed by atoms with Gasteiger partial charge in [0.2, 0.25) is 5.91 Å². The lowest BCUT2D eigenvalue weighted by Gasteiger charge is -2.33. The molecule has 7 heteroatoms. The molecule has 1 fully saturated rings. The summed E-state index contributed by atoms with van der Waals surface area (Å²) in [6.07, 6.45) is 2.30. The zero-order chi connectivity index (χ0) is 19.7. The summed E-state index contributed by atoms with van der Waals surface area (Å²) < 4.78 is 0. The zero-order valence-electron chi connectivity index (χ0n) is 15.3. The molecule has 3 amide bonds. The van der Waals surface area contributed by atoms with E-state index in [1.807, 2.05) is 23.1 Å². The third kappa shape index (κ3) is 3.96. The Hall–Kier alpha value is -2.24. The van der Waals surface area contributed by atoms with Gasteiger partial charge in [0, 0.05) is 35.4 Å². The van der Waals surface area contributed by atoms with Gasteiger partial charge in [-0.25, -0.2) is 4.79 Å². The average molecular weight is 418 g/mol. The van der Waals surface area contributed by atoms with Crippen LogP contribution in [0.3, 0.4) is 0 Å². The Labute approximate surface area is 174 Å². The van der Waals surface area contributed by atoms with Crippen LogP contribution in [0.2, 0.25) is 10.0 Å². The fourth-order valence-corrected chi connectivity index (χ4v) is 4.24. The molecular formula is C21H21Cl2N3O2. The van der Waals surface area contributed by atoms with Crippen molar-refractivity contribution in [2.24, 2.45) is 0 Å². The van der Waals surface area contributed by atoms with Crippen LogP contribution in [-0.4, -0.2) is 40.9 Å². The molecule has 146 valence electrons. The number of anilines is 1. The SMILES string of the molecule is O=C([C@H]1CCCN1C(=O)Nc1ccc(Cl)cc1)N1CCc2cc(Cl)ccc2C1. The van der Waals surface area contributed by atoms with E-state index >= 15 is 0 Å². The molecule has 1 atom stereocenters. The molecule has 4 rings (SSSR count). The number of urea groups is 1. The van der Waals surface area contributed by atoms with Crippen LogP contribution in [0.5, 0.6) is 0 Å². The van der Waals surface area contributed by atoms with Crippen molar-refractivity contribution >= 4 is 40.8 Å². The third-order valence-electron chi connectivity index (χ3n) is 5.39. The predicted molar refractivity (Wildman–Crippen MR) is 111 cm³/mol.